The molecule has 2 aromatic carbocycles. The van der Waals surface area contributed by atoms with Crippen LogP contribution in [0.5, 0.6) is 0 Å². The van der Waals surface area contributed by atoms with Crippen LogP contribution < -0.4 is 4.90 Å². The van der Waals surface area contributed by atoms with Crippen LogP contribution >= 0.6 is 47.5 Å². The van der Waals surface area contributed by atoms with Crippen molar-refractivity contribution >= 4 is 92.0 Å². The van der Waals surface area contributed by atoms with Crippen LogP contribution in [0.3, 0.4) is 0 Å². The number of carboxylic acid groups (broad SMARTS) is 2. The maximum Gasteiger partial charge on any atom is 0.323 e. The largest absolute Gasteiger partial charge is 0.480 e. The van der Waals surface area contributed by atoms with Gasteiger partial charge in [-0.25, -0.2) is 0 Å². The van der Waals surface area contributed by atoms with Gasteiger partial charge in [0.2, 0.25) is 0 Å². The summed E-state index contributed by atoms with van der Waals surface area (Å²) < 4.78 is 0.0235. The molecule has 1 fully saturated rings. The van der Waals surface area contributed by atoms with Gasteiger partial charge in [0.1, 0.15) is 22.3 Å². The number of nitrogens with zero attached hydrogens (tertiary/aromatic N) is 3. The average molecular weight is 588 g/mol. The summed E-state index contributed by atoms with van der Waals surface area (Å²) in [6.45, 7) is -1.32. The monoisotopic (exact) mass is 587 g/mol. The van der Waals surface area contributed by atoms with E-state index < -0.39 is 36.8 Å². The second-order valence-electron chi connectivity index (χ2n) is 7.97. The zero-order chi connectivity index (χ0) is 27.6. The number of hydrogen-bond donors (Lipinski definition) is 2. The SMILES string of the molecule is CS/C(=C1/SC(=S)N(CC(=O)O)C1=O)N(CC(=O)O)C(=O)C=CC=C1Sc2ccc3ccccc3c2N1C. The van der Waals surface area contributed by atoms with Crippen molar-refractivity contribution < 1.29 is 29.4 Å². The number of amides is 2. The number of anilines is 1. The molecule has 0 atom stereocenters. The van der Waals surface area contributed by atoms with Gasteiger partial charge in [-0.3, -0.25) is 29.0 Å². The molecule has 0 bridgehead atoms. The first-order valence-electron chi connectivity index (χ1n) is 11.0. The fourth-order valence-electron chi connectivity index (χ4n) is 3.91. The molecule has 0 spiro atoms. The van der Waals surface area contributed by atoms with Gasteiger partial charge in [-0.05, 0) is 23.8 Å². The molecule has 38 heavy (non-hydrogen) atoms. The summed E-state index contributed by atoms with van der Waals surface area (Å²) >= 11 is 8.54. The Morgan fingerprint density at radius 1 is 1.11 bits per heavy atom. The summed E-state index contributed by atoms with van der Waals surface area (Å²) in [5.74, 6) is -3.85. The van der Waals surface area contributed by atoms with Crippen LogP contribution in [0.1, 0.15) is 0 Å². The van der Waals surface area contributed by atoms with Crippen LogP contribution in [-0.4, -0.2) is 74.5 Å². The highest BCUT2D eigenvalue weighted by molar-refractivity contribution is 8.27. The predicted molar refractivity (Wildman–Crippen MR) is 155 cm³/mol. The Morgan fingerprint density at radius 2 is 1.84 bits per heavy atom. The number of aliphatic carboxylic acids is 2. The molecular weight excluding hydrogens is 567 g/mol. The Balaban J connectivity index is 1.60. The number of carbonyl (C=O) groups is 4. The molecule has 2 heterocycles. The van der Waals surface area contributed by atoms with Crippen molar-refractivity contribution in [3.05, 3.63) is 69.6 Å². The highest BCUT2D eigenvalue weighted by Gasteiger charge is 2.38. The van der Waals surface area contributed by atoms with Gasteiger partial charge in [-0.15, -0.1) is 11.8 Å². The van der Waals surface area contributed by atoms with Crippen molar-refractivity contribution in [2.75, 3.05) is 31.3 Å². The summed E-state index contributed by atoms with van der Waals surface area (Å²) in [6, 6.07) is 12.2. The van der Waals surface area contributed by atoms with E-state index in [0.717, 1.165) is 59.7 Å². The first-order valence-corrected chi connectivity index (χ1v) is 14.3. The summed E-state index contributed by atoms with van der Waals surface area (Å²) in [7, 11) is 1.94. The Hall–Kier alpha value is -3.26. The minimum atomic E-state index is -1.27. The van der Waals surface area contributed by atoms with Gasteiger partial charge < -0.3 is 15.1 Å². The molecular formula is C25H21N3O6S4. The number of fused-ring (bicyclic) bond motifs is 3. The van der Waals surface area contributed by atoms with Crippen LogP contribution in [-0.2, 0) is 19.2 Å². The summed E-state index contributed by atoms with van der Waals surface area (Å²) in [5, 5.41) is 21.7. The maximum atomic E-state index is 13.1. The van der Waals surface area contributed by atoms with E-state index in [0.29, 0.717) is 0 Å². The summed E-state index contributed by atoms with van der Waals surface area (Å²) in [4.78, 5) is 53.7. The lowest BCUT2D eigenvalue weighted by Gasteiger charge is -2.22. The fourth-order valence-corrected chi connectivity index (χ4v) is 7.24. The number of allylic oxidation sites excluding steroid dienone is 2. The zero-order valence-corrected chi connectivity index (χ0v) is 23.4. The molecule has 13 heteroatoms. The highest BCUT2D eigenvalue weighted by atomic mass is 32.2. The second-order valence-corrected chi connectivity index (χ2v) is 11.5. The van der Waals surface area contributed by atoms with Gasteiger partial charge in [0, 0.05) is 23.4 Å². The van der Waals surface area contributed by atoms with E-state index in [4.69, 9.17) is 17.3 Å². The first-order chi connectivity index (χ1) is 18.1. The molecule has 0 aliphatic carbocycles. The number of carbonyl (C=O) groups excluding carboxylic acids is 2. The van der Waals surface area contributed by atoms with Crippen LogP contribution in [0.4, 0.5) is 5.69 Å². The normalized spacial score (nSPS) is 17.6. The van der Waals surface area contributed by atoms with Gasteiger partial charge in [0.15, 0.2) is 0 Å². The van der Waals surface area contributed by atoms with Gasteiger partial charge in [0.05, 0.1) is 15.7 Å². The standard InChI is InChI=1S/C25H21N3O6S4/c1-26-18(37-16-11-10-14-6-3-4-7-15(14)21(16)26)9-5-8-17(29)27(12-19(30)31)24(36-2)22-23(34)28(13-20(32)33)25(35)38-22/h3-11H,12-13H2,1-2H3,(H,30,31)(H,32,33)/b8-5?,18-9?,24-22+. The number of rotatable bonds is 8. The van der Waals surface area contributed by atoms with Crippen molar-refractivity contribution in [2.24, 2.45) is 0 Å². The molecule has 1 saturated heterocycles. The molecule has 2 N–H and O–H groups in total. The van der Waals surface area contributed by atoms with E-state index in [-0.39, 0.29) is 14.3 Å². The van der Waals surface area contributed by atoms with Crippen molar-refractivity contribution in [2.45, 2.75) is 4.90 Å². The minimum Gasteiger partial charge on any atom is -0.480 e. The Kier molecular flexibility index (Phi) is 8.51. The molecule has 4 rings (SSSR count). The topological polar surface area (TPSA) is 118 Å². The van der Waals surface area contributed by atoms with E-state index in [1.165, 1.54) is 12.2 Å². The van der Waals surface area contributed by atoms with Gasteiger partial charge in [0.25, 0.3) is 11.8 Å². The van der Waals surface area contributed by atoms with Crippen molar-refractivity contribution in [3.8, 4) is 0 Å². The number of thiocarbonyl (C=S) groups is 1. The predicted octanol–water partition coefficient (Wildman–Crippen LogP) is 4.17. The number of carboxylic acids is 2. The molecule has 2 aromatic rings. The molecule has 196 valence electrons. The number of hydrogen-bond acceptors (Lipinski definition) is 9. The first kappa shape index (κ1) is 27.8. The fraction of sp³-hybridized carbons (Fsp3) is 0.160. The van der Waals surface area contributed by atoms with Crippen molar-refractivity contribution in [1.29, 1.82) is 0 Å². The Labute approximate surface area is 236 Å². The maximum absolute atomic E-state index is 13.1. The minimum absolute atomic E-state index is 0.0125. The van der Waals surface area contributed by atoms with Crippen LogP contribution in [0.2, 0.25) is 0 Å². The molecule has 2 aliphatic rings. The smallest absolute Gasteiger partial charge is 0.323 e. The molecule has 0 radical (unpaired) electrons. The van der Waals surface area contributed by atoms with Gasteiger partial charge in [-0.1, -0.05) is 72.1 Å². The second kappa shape index (κ2) is 11.6. The third-order valence-electron chi connectivity index (χ3n) is 5.56. The van der Waals surface area contributed by atoms with E-state index in [1.807, 2.05) is 30.1 Å². The molecule has 0 unspecified atom stereocenters. The van der Waals surface area contributed by atoms with Gasteiger partial charge >= 0.3 is 11.9 Å². The summed E-state index contributed by atoms with van der Waals surface area (Å²) in [5.41, 5.74) is 1.07. The number of thioether (sulfide) groups is 3. The molecule has 0 saturated carbocycles. The van der Waals surface area contributed by atoms with Crippen molar-refractivity contribution in [3.63, 3.8) is 0 Å². The van der Waals surface area contributed by atoms with E-state index in [2.05, 4.69) is 18.2 Å². The Bertz CT molecular complexity index is 1470. The highest BCUT2D eigenvalue weighted by Crippen LogP contribution is 2.48. The molecule has 0 aromatic heterocycles. The lowest BCUT2D eigenvalue weighted by molar-refractivity contribution is -0.141. The number of benzene rings is 2. The lowest BCUT2D eigenvalue weighted by Crippen LogP contribution is -2.36. The molecule has 9 nitrogen and oxygen atoms in total. The molecule has 2 amide bonds. The van der Waals surface area contributed by atoms with E-state index >= 15 is 0 Å². The summed E-state index contributed by atoms with van der Waals surface area (Å²) in [6.07, 6.45) is 6.14. The third kappa shape index (κ3) is 5.60. The lowest BCUT2D eigenvalue weighted by atomic mass is 10.1. The van der Waals surface area contributed by atoms with Crippen LogP contribution in [0, 0.1) is 0 Å². The Morgan fingerprint density at radius 3 is 2.53 bits per heavy atom. The average Bonchev–Trinajstić information content (AvgIpc) is 3.34. The van der Waals surface area contributed by atoms with E-state index in [9.17, 15) is 24.3 Å². The van der Waals surface area contributed by atoms with E-state index in [1.54, 1.807) is 24.1 Å². The van der Waals surface area contributed by atoms with Crippen LogP contribution in [0.15, 0.2) is 74.5 Å². The third-order valence-corrected chi connectivity index (χ3v) is 9.10. The quantitative estimate of drug-likeness (QED) is 0.342. The molecule has 2 aliphatic heterocycles. The van der Waals surface area contributed by atoms with Crippen molar-refractivity contribution in [1.82, 2.24) is 9.80 Å². The zero-order valence-electron chi connectivity index (χ0n) is 20.1. The van der Waals surface area contributed by atoms with Gasteiger partial charge in [-0.2, -0.15) is 0 Å². The van der Waals surface area contributed by atoms with Crippen LogP contribution in [0.25, 0.3) is 10.8 Å².